The fraction of sp³-hybridized carbons (Fsp3) is 0.875. The molecule has 138 valence electrons. The third-order valence-corrected chi connectivity index (χ3v) is 4.64. The van der Waals surface area contributed by atoms with Gasteiger partial charge in [-0.05, 0) is 12.8 Å². The number of rotatable bonds is 7. The zero-order valence-electron chi connectivity index (χ0n) is 14.1. The highest BCUT2D eigenvalue weighted by atomic mass is 16.5. The Morgan fingerprint density at radius 3 is 2.54 bits per heavy atom. The van der Waals surface area contributed by atoms with Crippen molar-refractivity contribution in [3.63, 3.8) is 0 Å². The molecule has 1 saturated carbocycles. The van der Waals surface area contributed by atoms with Crippen LogP contribution in [0.1, 0.15) is 32.1 Å². The molecule has 3 atom stereocenters. The third kappa shape index (κ3) is 4.89. The van der Waals surface area contributed by atoms with Crippen LogP contribution in [0.15, 0.2) is 0 Å². The molecule has 0 radical (unpaired) electrons. The monoisotopic (exact) mass is 344 g/mol. The van der Waals surface area contributed by atoms with Gasteiger partial charge in [0.1, 0.15) is 18.8 Å². The predicted octanol–water partition coefficient (Wildman–Crippen LogP) is -0.969. The van der Waals surface area contributed by atoms with Crippen molar-refractivity contribution in [1.29, 1.82) is 0 Å². The Bertz CT molecular complexity index is 427. The summed E-state index contributed by atoms with van der Waals surface area (Å²) in [5.41, 5.74) is 0. The number of hydrogen-bond donors (Lipinski definition) is 3. The quantitative estimate of drug-likeness (QED) is 0.513. The normalized spacial score (nSPS) is 28.1. The first-order valence-electron chi connectivity index (χ1n) is 8.57. The van der Waals surface area contributed by atoms with Crippen molar-refractivity contribution in [3.8, 4) is 0 Å². The maximum Gasteiger partial charge on any atom is 0.249 e. The molecule has 1 heterocycles. The Hall–Kier alpha value is -1.22. The topological polar surface area (TPSA) is 108 Å². The SMILES string of the molecule is COCCOCC(=O)N1C[C@H](O)[C@@H](O)C1C(=O)NC1CCCCC1. The molecular formula is C16H28N2O6. The number of hydrogen-bond acceptors (Lipinski definition) is 6. The first-order chi connectivity index (χ1) is 11.5. The Morgan fingerprint density at radius 2 is 1.88 bits per heavy atom. The number of amides is 2. The number of aliphatic hydroxyl groups excluding tert-OH is 2. The summed E-state index contributed by atoms with van der Waals surface area (Å²) >= 11 is 0. The molecule has 0 spiro atoms. The molecule has 1 saturated heterocycles. The lowest BCUT2D eigenvalue weighted by molar-refractivity contribution is -0.144. The minimum atomic E-state index is -1.28. The van der Waals surface area contributed by atoms with Crippen molar-refractivity contribution < 1.29 is 29.3 Å². The van der Waals surface area contributed by atoms with Crippen molar-refractivity contribution in [2.24, 2.45) is 0 Å². The molecule has 3 N–H and O–H groups in total. The number of ether oxygens (including phenoxy) is 2. The van der Waals surface area contributed by atoms with Crippen LogP contribution in [0.3, 0.4) is 0 Å². The fourth-order valence-electron chi connectivity index (χ4n) is 3.29. The van der Waals surface area contributed by atoms with Gasteiger partial charge in [0, 0.05) is 13.2 Å². The molecule has 8 nitrogen and oxygen atoms in total. The van der Waals surface area contributed by atoms with Crippen molar-refractivity contribution in [3.05, 3.63) is 0 Å². The molecule has 0 aromatic rings. The van der Waals surface area contributed by atoms with Crippen LogP contribution in [-0.4, -0.2) is 84.7 Å². The van der Waals surface area contributed by atoms with E-state index in [0.29, 0.717) is 6.61 Å². The summed E-state index contributed by atoms with van der Waals surface area (Å²) in [5, 5.41) is 22.9. The van der Waals surface area contributed by atoms with E-state index in [9.17, 15) is 19.8 Å². The van der Waals surface area contributed by atoms with Gasteiger partial charge in [0.25, 0.3) is 0 Å². The molecule has 8 heteroatoms. The first-order valence-corrected chi connectivity index (χ1v) is 8.57. The van der Waals surface area contributed by atoms with Crippen molar-refractivity contribution in [1.82, 2.24) is 10.2 Å². The molecule has 2 aliphatic rings. The van der Waals surface area contributed by atoms with E-state index in [4.69, 9.17) is 9.47 Å². The van der Waals surface area contributed by atoms with Crippen LogP contribution in [-0.2, 0) is 19.1 Å². The lowest BCUT2D eigenvalue weighted by Crippen LogP contribution is -2.53. The van der Waals surface area contributed by atoms with Crippen LogP contribution >= 0.6 is 0 Å². The minimum absolute atomic E-state index is 0.0730. The summed E-state index contributed by atoms with van der Waals surface area (Å²) in [7, 11) is 1.53. The van der Waals surface area contributed by atoms with Crippen LogP contribution in [0.5, 0.6) is 0 Å². The van der Waals surface area contributed by atoms with E-state index in [2.05, 4.69) is 5.32 Å². The lowest BCUT2D eigenvalue weighted by atomic mass is 9.95. The molecule has 2 amide bonds. The number of likely N-dealkylation sites (tertiary alicyclic amines) is 1. The molecule has 1 unspecified atom stereocenters. The van der Waals surface area contributed by atoms with Gasteiger partial charge >= 0.3 is 0 Å². The number of methoxy groups -OCH3 is 1. The van der Waals surface area contributed by atoms with Crippen LogP contribution in [0.25, 0.3) is 0 Å². The second-order valence-electron chi connectivity index (χ2n) is 6.44. The number of nitrogens with one attached hydrogen (secondary N) is 1. The average molecular weight is 344 g/mol. The highest BCUT2D eigenvalue weighted by Gasteiger charge is 2.46. The Labute approximate surface area is 142 Å². The van der Waals surface area contributed by atoms with Gasteiger partial charge in [0.15, 0.2) is 0 Å². The van der Waals surface area contributed by atoms with Gasteiger partial charge in [-0.2, -0.15) is 0 Å². The van der Waals surface area contributed by atoms with E-state index in [1.165, 1.54) is 18.4 Å². The molecule has 24 heavy (non-hydrogen) atoms. The van der Waals surface area contributed by atoms with Gasteiger partial charge in [0.05, 0.1) is 25.9 Å². The second-order valence-corrected chi connectivity index (χ2v) is 6.44. The second kappa shape index (κ2) is 9.31. The van der Waals surface area contributed by atoms with Crippen LogP contribution < -0.4 is 5.32 Å². The summed E-state index contributed by atoms with van der Waals surface area (Å²) < 4.78 is 10.0. The van der Waals surface area contributed by atoms with Gasteiger partial charge < -0.3 is 29.9 Å². The third-order valence-electron chi connectivity index (χ3n) is 4.64. The van der Waals surface area contributed by atoms with Crippen molar-refractivity contribution in [2.45, 2.75) is 56.4 Å². The summed E-state index contributed by atoms with van der Waals surface area (Å²) in [6.45, 7) is 0.344. The molecule has 0 aromatic heterocycles. The number of carbonyl (C=O) groups excluding carboxylic acids is 2. The molecule has 0 bridgehead atoms. The van der Waals surface area contributed by atoms with E-state index < -0.39 is 30.1 Å². The van der Waals surface area contributed by atoms with Crippen LogP contribution in [0, 0.1) is 0 Å². The summed E-state index contributed by atoms with van der Waals surface area (Å²) in [4.78, 5) is 26.0. The van der Waals surface area contributed by atoms with Crippen molar-refractivity contribution in [2.75, 3.05) is 33.5 Å². The van der Waals surface area contributed by atoms with Gasteiger partial charge in [0.2, 0.25) is 11.8 Å². The number of β-amino-alcohol motifs (C(OH)–C–C–N with tert-alkyl or cyclic N) is 1. The Kier molecular flexibility index (Phi) is 7.41. The summed E-state index contributed by atoms with van der Waals surface area (Å²) in [6.07, 6.45) is 2.70. The minimum Gasteiger partial charge on any atom is -0.388 e. The molecule has 0 aromatic carbocycles. The molecule has 2 fully saturated rings. The zero-order chi connectivity index (χ0) is 17.5. The maximum absolute atomic E-state index is 12.5. The average Bonchev–Trinajstić information content (AvgIpc) is 2.88. The van der Waals surface area contributed by atoms with E-state index in [0.717, 1.165) is 25.7 Å². The van der Waals surface area contributed by atoms with E-state index in [-0.39, 0.29) is 25.8 Å². The summed E-state index contributed by atoms with van der Waals surface area (Å²) in [6, 6.07) is -0.994. The molecule has 2 rings (SSSR count). The first kappa shape index (κ1) is 19.1. The zero-order valence-corrected chi connectivity index (χ0v) is 14.1. The Morgan fingerprint density at radius 1 is 1.17 bits per heavy atom. The standard InChI is InChI=1S/C16H28N2O6/c1-23-7-8-24-10-13(20)18-9-12(19)15(21)14(18)16(22)17-11-5-3-2-4-6-11/h11-12,14-15,19,21H,2-10H2,1H3,(H,17,22)/t12-,14?,15+/m0/s1. The highest BCUT2D eigenvalue weighted by molar-refractivity contribution is 5.89. The largest absolute Gasteiger partial charge is 0.388 e. The maximum atomic E-state index is 12.5. The van der Waals surface area contributed by atoms with E-state index >= 15 is 0 Å². The number of nitrogens with zero attached hydrogens (tertiary/aromatic N) is 1. The van der Waals surface area contributed by atoms with Crippen molar-refractivity contribution >= 4 is 11.8 Å². The van der Waals surface area contributed by atoms with Crippen LogP contribution in [0.2, 0.25) is 0 Å². The van der Waals surface area contributed by atoms with Gasteiger partial charge in [-0.3, -0.25) is 9.59 Å². The van der Waals surface area contributed by atoms with Gasteiger partial charge in [-0.1, -0.05) is 19.3 Å². The number of carbonyl (C=O) groups is 2. The van der Waals surface area contributed by atoms with Gasteiger partial charge in [-0.25, -0.2) is 0 Å². The predicted molar refractivity (Wildman–Crippen MR) is 85.2 cm³/mol. The summed E-state index contributed by atoms with van der Waals surface area (Å²) in [5.74, 6) is -0.832. The van der Waals surface area contributed by atoms with Crippen LogP contribution in [0.4, 0.5) is 0 Å². The lowest BCUT2D eigenvalue weighted by Gasteiger charge is -2.29. The molecule has 1 aliphatic heterocycles. The fourth-order valence-corrected chi connectivity index (χ4v) is 3.29. The van der Waals surface area contributed by atoms with E-state index in [1.807, 2.05) is 0 Å². The molecule has 1 aliphatic carbocycles. The smallest absolute Gasteiger partial charge is 0.249 e. The van der Waals surface area contributed by atoms with Gasteiger partial charge in [-0.15, -0.1) is 0 Å². The number of aliphatic hydroxyl groups is 2. The Balaban J connectivity index is 1.92. The highest BCUT2D eigenvalue weighted by Crippen LogP contribution is 2.22. The van der Waals surface area contributed by atoms with E-state index in [1.54, 1.807) is 0 Å². The molecular weight excluding hydrogens is 316 g/mol.